The van der Waals surface area contributed by atoms with E-state index in [1.165, 1.54) is 12.8 Å². The molecule has 0 aromatic rings. The van der Waals surface area contributed by atoms with Crippen molar-refractivity contribution in [3.05, 3.63) is 0 Å². The van der Waals surface area contributed by atoms with E-state index in [0.717, 1.165) is 38.9 Å². The summed E-state index contributed by atoms with van der Waals surface area (Å²) in [4.78, 5) is 35.5. The molecule has 0 aliphatic carbocycles. The van der Waals surface area contributed by atoms with Crippen molar-refractivity contribution in [2.75, 3.05) is 32.8 Å². The summed E-state index contributed by atoms with van der Waals surface area (Å²) in [5, 5.41) is 13.8. The lowest BCUT2D eigenvalue weighted by molar-refractivity contribution is -0.192. The Kier molecular flexibility index (Phi) is 12.8. The minimum Gasteiger partial charge on any atom is -0.475 e. The average Bonchev–Trinajstić information content (AvgIpc) is 2.78. The van der Waals surface area contributed by atoms with Crippen LogP contribution < -0.4 is 10.6 Å². The number of aliphatic carboxylic acids is 1. The van der Waals surface area contributed by atoms with E-state index >= 15 is 0 Å². The van der Waals surface area contributed by atoms with Crippen LogP contribution in [0.15, 0.2) is 0 Å². The highest BCUT2D eigenvalue weighted by Gasteiger charge is 2.38. The number of nitrogens with one attached hydrogen (secondary N) is 2. The molecule has 3 N–H and O–H groups in total. The first-order valence-corrected chi connectivity index (χ1v) is 11.2. The molecule has 2 aliphatic heterocycles. The van der Waals surface area contributed by atoms with Crippen LogP contribution >= 0.6 is 0 Å². The summed E-state index contributed by atoms with van der Waals surface area (Å²) in [7, 11) is 0. The van der Waals surface area contributed by atoms with E-state index in [1.807, 2.05) is 4.90 Å². The molecule has 0 spiro atoms. The molecule has 1 amide bonds. The summed E-state index contributed by atoms with van der Waals surface area (Å²) in [5.41, 5.74) is 0. The highest BCUT2D eigenvalue weighted by Crippen LogP contribution is 2.20. The second-order valence-electron chi connectivity index (χ2n) is 8.09. The molecule has 2 fully saturated rings. The van der Waals surface area contributed by atoms with Crippen LogP contribution in [0.3, 0.4) is 0 Å². The molecule has 2 heterocycles. The van der Waals surface area contributed by atoms with Gasteiger partial charge < -0.3 is 20.1 Å². The molecule has 8 nitrogen and oxygen atoms in total. The van der Waals surface area contributed by atoms with E-state index in [1.54, 1.807) is 6.92 Å². The first kappa shape index (κ1) is 28.7. The van der Waals surface area contributed by atoms with Gasteiger partial charge in [0.15, 0.2) is 0 Å². The number of terminal acetylenes is 1. The number of amides is 1. The maximum atomic E-state index is 12.6. The third-order valence-corrected chi connectivity index (χ3v) is 5.57. The molecular weight excluding hydrogens is 443 g/mol. The second kappa shape index (κ2) is 14.8. The van der Waals surface area contributed by atoms with Crippen LogP contribution in [0, 0.1) is 18.3 Å². The highest BCUT2D eigenvalue weighted by molar-refractivity contribution is 5.77. The van der Waals surface area contributed by atoms with E-state index in [2.05, 4.69) is 16.6 Å². The number of hydrogen-bond acceptors (Lipinski definition) is 6. The number of esters is 1. The molecule has 0 radical (unpaired) electrons. The third-order valence-electron chi connectivity index (χ3n) is 5.57. The Morgan fingerprint density at radius 2 is 1.91 bits per heavy atom. The van der Waals surface area contributed by atoms with Crippen LogP contribution in [-0.4, -0.2) is 78.9 Å². The van der Waals surface area contributed by atoms with Gasteiger partial charge in [0.05, 0.1) is 6.61 Å². The van der Waals surface area contributed by atoms with Crippen molar-refractivity contribution in [3.8, 4) is 12.3 Å². The molecule has 11 heteroatoms. The third kappa shape index (κ3) is 11.4. The van der Waals surface area contributed by atoms with Crippen molar-refractivity contribution in [1.29, 1.82) is 0 Å². The van der Waals surface area contributed by atoms with Crippen molar-refractivity contribution >= 4 is 17.8 Å². The van der Waals surface area contributed by atoms with Crippen LogP contribution in [0.5, 0.6) is 0 Å². The average molecular weight is 478 g/mol. The number of alkyl halides is 3. The van der Waals surface area contributed by atoms with E-state index < -0.39 is 18.2 Å². The van der Waals surface area contributed by atoms with Crippen molar-refractivity contribution in [2.45, 2.75) is 70.1 Å². The number of rotatable bonds is 8. The van der Waals surface area contributed by atoms with E-state index in [0.29, 0.717) is 31.9 Å². The monoisotopic (exact) mass is 477 g/mol. The minimum atomic E-state index is -5.08. The molecule has 0 saturated carbocycles. The van der Waals surface area contributed by atoms with Gasteiger partial charge in [-0.15, -0.1) is 12.3 Å². The molecule has 0 aromatic carbocycles. The SMILES string of the molecule is C#CC[C@@H](N[C@@H]1CCCN(C(=O)CCC2CCNCC2)C1)C(=O)OCC.O=C(O)C(F)(F)F. The van der Waals surface area contributed by atoms with Crippen molar-refractivity contribution < 1.29 is 37.4 Å². The zero-order valence-electron chi connectivity index (χ0n) is 19.0. The van der Waals surface area contributed by atoms with Gasteiger partial charge in [0.2, 0.25) is 5.91 Å². The summed E-state index contributed by atoms with van der Waals surface area (Å²) in [6.45, 7) is 5.72. The second-order valence-corrected chi connectivity index (χ2v) is 8.09. The fourth-order valence-corrected chi connectivity index (χ4v) is 3.85. The normalized spacial score (nSPS) is 20.1. The number of hydrogen-bond donors (Lipinski definition) is 3. The number of carbonyl (C=O) groups is 3. The Hall–Kier alpha value is -2.32. The zero-order chi connectivity index (χ0) is 24.9. The van der Waals surface area contributed by atoms with Gasteiger partial charge in [-0.2, -0.15) is 13.2 Å². The fraction of sp³-hybridized carbons (Fsp3) is 0.773. The number of carbonyl (C=O) groups excluding carboxylic acids is 2. The molecule has 2 atom stereocenters. The predicted octanol–water partition coefficient (Wildman–Crippen LogP) is 1.94. The summed E-state index contributed by atoms with van der Waals surface area (Å²) in [6, 6.07) is -0.399. The number of halogens is 3. The Bertz CT molecular complexity index is 675. The van der Waals surface area contributed by atoms with Crippen LogP contribution in [0.1, 0.15) is 51.9 Å². The summed E-state index contributed by atoms with van der Waals surface area (Å²) in [5.74, 6) is 0.381. The van der Waals surface area contributed by atoms with Crippen LogP contribution in [0.25, 0.3) is 0 Å². The topological polar surface area (TPSA) is 108 Å². The predicted molar refractivity (Wildman–Crippen MR) is 115 cm³/mol. The van der Waals surface area contributed by atoms with Gasteiger partial charge in [-0.1, -0.05) is 0 Å². The zero-order valence-corrected chi connectivity index (χ0v) is 19.0. The smallest absolute Gasteiger partial charge is 0.475 e. The fourth-order valence-electron chi connectivity index (χ4n) is 3.85. The molecular formula is C22H34F3N3O5. The largest absolute Gasteiger partial charge is 0.490 e. The Morgan fingerprint density at radius 3 is 2.45 bits per heavy atom. The van der Waals surface area contributed by atoms with Crippen molar-refractivity contribution in [2.24, 2.45) is 5.92 Å². The minimum absolute atomic E-state index is 0.0920. The number of ether oxygens (including phenoxy) is 1. The number of nitrogens with zero attached hydrogens (tertiary/aromatic N) is 1. The lowest BCUT2D eigenvalue weighted by atomic mass is 9.92. The first-order valence-electron chi connectivity index (χ1n) is 11.2. The van der Waals surface area contributed by atoms with Gasteiger partial charge in [-0.3, -0.25) is 14.9 Å². The standard InChI is InChI=1S/C20H33N3O3.C2HF3O2/c1-3-6-18(20(25)26-4-2)22-17-7-5-14-23(15-17)19(24)9-8-16-10-12-21-13-11-16;3-2(4,5)1(6)7/h1,16-18,21-22H,4-15H2,2H3;(H,6,7)/t17-,18-;/m1./s1. The highest BCUT2D eigenvalue weighted by atomic mass is 19.4. The summed E-state index contributed by atoms with van der Waals surface area (Å²) < 4.78 is 36.8. The Labute approximate surface area is 192 Å². The lowest BCUT2D eigenvalue weighted by Crippen LogP contribution is -2.52. The van der Waals surface area contributed by atoms with Gasteiger partial charge >= 0.3 is 18.1 Å². The van der Waals surface area contributed by atoms with Crippen molar-refractivity contribution in [1.82, 2.24) is 15.5 Å². The van der Waals surface area contributed by atoms with Gasteiger partial charge in [0, 0.05) is 32.0 Å². The van der Waals surface area contributed by atoms with Crippen LogP contribution in [0.4, 0.5) is 13.2 Å². The first-order chi connectivity index (χ1) is 15.6. The van der Waals surface area contributed by atoms with Crippen LogP contribution in [0.2, 0.25) is 0 Å². The summed E-state index contributed by atoms with van der Waals surface area (Å²) in [6.07, 6.45) is 6.45. The Morgan fingerprint density at radius 1 is 1.27 bits per heavy atom. The quantitative estimate of drug-likeness (QED) is 0.362. The molecule has 0 bridgehead atoms. The van der Waals surface area contributed by atoms with E-state index in [-0.39, 0.29) is 17.9 Å². The van der Waals surface area contributed by atoms with Gasteiger partial charge in [-0.25, -0.2) is 4.79 Å². The number of likely N-dealkylation sites (tertiary alicyclic amines) is 1. The maximum Gasteiger partial charge on any atom is 0.490 e. The Balaban J connectivity index is 0.000000675. The number of piperidine rings is 2. The van der Waals surface area contributed by atoms with Gasteiger partial charge in [0.1, 0.15) is 6.04 Å². The lowest BCUT2D eigenvalue weighted by Gasteiger charge is -2.35. The molecule has 0 aromatic heterocycles. The summed E-state index contributed by atoms with van der Waals surface area (Å²) >= 11 is 0. The molecule has 0 unspecified atom stereocenters. The molecule has 2 aliphatic rings. The van der Waals surface area contributed by atoms with Gasteiger partial charge in [0.25, 0.3) is 0 Å². The number of carboxylic acids is 1. The molecule has 188 valence electrons. The molecule has 2 rings (SSSR count). The van der Waals surface area contributed by atoms with E-state index in [9.17, 15) is 22.8 Å². The van der Waals surface area contributed by atoms with Gasteiger partial charge in [-0.05, 0) is 58.0 Å². The number of carboxylic acid groups (broad SMARTS) is 1. The molecule has 2 saturated heterocycles. The maximum absolute atomic E-state index is 12.6. The molecule has 33 heavy (non-hydrogen) atoms. The van der Waals surface area contributed by atoms with E-state index in [4.69, 9.17) is 21.1 Å². The van der Waals surface area contributed by atoms with Crippen molar-refractivity contribution in [3.63, 3.8) is 0 Å². The van der Waals surface area contributed by atoms with Crippen LogP contribution in [-0.2, 0) is 19.1 Å².